The molecule has 238 valence electrons. The first-order valence-corrected chi connectivity index (χ1v) is 13.5. The molecule has 0 spiro atoms. The zero-order valence-corrected chi connectivity index (χ0v) is 24.0. The highest BCUT2D eigenvalue weighted by molar-refractivity contribution is 6.32. The number of carbonyl (C=O) groups excluding carboxylic acids is 2. The number of nitrogens with zero attached hydrogens (tertiary/aromatic N) is 7. The molecule has 20 heteroatoms. The summed E-state index contributed by atoms with van der Waals surface area (Å²) in [7, 11) is 0. The Morgan fingerprint density at radius 3 is 2.38 bits per heavy atom. The number of aromatic nitrogens is 7. The van der Waals surface area contributed by atoms with Gasteiger partial charge in [0.25, 0.3) is 17.6 Å². The molecule has 0 unspecified atom stereocenters. The third kappa shape index (κ3) is 6.28. The third-order valence-electron chi connectivity index (χ3n) is 6.42. The Labute approximate surface area is 257 Å². The fourth-order valence-corrected chi connectivity index (χ4v) is 4.49. The van der Waals surface area contributed by atoms with Crippen LogP contribution >= 0.6 is 23.2 Å². The van der Waals surface area contributed by atoms with Crippen molar-refractivity contribution in [3.8, 4) is 5.82 Å². The van der Waals surface area contributed by atoms with E-state index < -0.39 is 42.2 Å². The number of alkyl halides is 7. The quantitative estimate of drug-likeness (QED) is 0.228. The number of benzene rings is 1. The lowest BCUT2D eigenvalue weighted by Gasteiger charge is -2.25. The smallest absolute Gasteiger partial charge is 0.349 e. The highest BCUT2D eigenvalue weighted by Crippen LogP contribution is 2.50. The second-order valence-corrected chi connectivity index (χ2v) is 10.7. The molecule has 0 bridgehead atoms. The van der Waals surface area contributed by atoms with Crippen molar-refractivity contribution in [1.82, 2.24) is 40.3 Å². The van der Waals surface area contributed by atoms with Gasteiger partial charge in [0, 0.05) is 17.3 Å². The number of pyridine rings is 1. The van der Waals surface area contributed by atoms with E-state index in [2.05, 4.69) is 36.1 Å². The molecule has 45 heavy (non-hydrogen) atoms. The number of halogens is 9. The van der Waals surface area contributed by atoms with Crippen LogP contribution in [0.1, 0.15) is 50.8 Å². The summed E-state index contributed by atoms with van der Waals surface area (Å²) in [6.07, 6.45) is -3.69. The minimum absolute atomic E-state index is 0.0128. The Balaban J connectivity index is 1.49. The standard InChI is InChI=1S/C25H18Cl2F7N9O2/c1-11-7-12(26)8-15(20(44)36-13-4-5-13)18(11)37-21(45)17-9-14(39-43(17)19-16(27)3-2-6-35-19)10-42-40-22(38-41-42)23(28,29)24(30,31)25(32,33)34/h2-3,6-9,13H,4-5,10H2,1H3,(H,36,44)(H,37,45). The van der Waals surface area contributed by atoms with E-state index in [-0.39, 0.29) is 49.3 Å². The molecule has 0 aliphatic heterocycles. The Bertz CT molecular complexity index is 1790. The van der Waals surface area contributed by atoms with Gasteiger partial charge in [0.2, 0.25) is 0 Å². The van der Waals surface area contributed by atoms with Crippen molar-refractivity contribution in [3.63, 3.8) is 0 Å². The Morgan fingerprint density at radius 2 is 1.73 bits per heavy atom. The summed E-state index contributed by atoms with van der Waals surface area (Å²) in [4.78, 5) is 30.9. The first-order valence-electron chi connectivity index (χ1n) is 12.7. The average molecular weight is 680 g/mol. The number of anilines is 1. The highest BCUT2D eigenvalue weighted by Gasteiger charge is 2.75. The largest absolute Gasteiger partial charge is 0.460 e. The summed E-state index contributed by atoms with van der Waals surface area (Å²) < 4.78 is 93.9. The fourth-order valence-electron chi connectivity index (χ4n) is 4.02. The molecule has 4 aromatic rings. The van der Waals surface area contributed by atoms with Crippen LogP contribution in [0.15, 0.2) is 36.5 Å². The predicted octanol–water partition coefficient (Wildman–Crippen LogP) is 5.35. The van der Waals surface area contributed by atoms with Crippen molar-refractivity contribution >= 4 is 40.7 Å². The number of hydrogen-bond donors (Lipinski definition) is 2. The van der Waals surface area contributed by atoms with Crippen LogP contribution in [0.25, 0.3) is 5.82 Å². The first kappa shape index (κ1) is 32.1. The number of amides is 2. The molecule has 0 radical (unpaired) electrons. The van der Waals surface area contributed by atoms with E-state index in [0.29, 0.717) is 5.56 Å². The minimum Gasteiger partial charge on any atom is -0.349 e. The minimum atomic E-state index is -6.61. The Hall–Kier alpha value is -4.32. The molecule has 11 nitrogen and oxygen atoms in total. The van der Waals surface area contributed by atoms with Gasteiger partial charge in [-0.15, -0.1) is 10.2 Å². The normalized spacial score (nSPS) is 14.0. The fraction of sp³-hybridized carbons (Fsp3) is 0.320. The lowest BCUT2D eigenvalue weighted by molar-refractivity contribution is -0.361. The second-order valence-electron chi connectivity index (χ2n) is 9.88. The van der Waals surface area contributed by atoms with Gasteiger partial charge in [-0.1, -0.05) is 23.2 Å². The molecular weight excluding hydrogens is 662 g/mol. The molecule has 2 N–H and O–H groups in total. The predicted molar refractivity (Wildman–Crippen MR) is 143 cm³/mol. The highest BCUT2D eigenvalue weighted by atomic mass is 35.5. The van der Waals surface area contributed by atoms with E-state index in [4.69, 9.17) is 23.2 Å². The number of carbonyl (C=O) groups is 2. The monoisotopic (exact) mass is 679 g/mol. The van der Waals surface area contributed by atoms with Crippen LogP contribution in [0.4, 0.5) is 36.4 Å². The van der Waals surface area contributed by atoms with Crippen LogP contribution in [0, 0.1) is 6.92 Å². The van der Waals surface area contributed by atoms with Gasteiger partial charge in [-0.05, 0) is 60.9 Å². The number of tetrazole rings is 1. The van der Waals surface area contributed by atoms with Gasteiger partial charge in [0.15, 0.2) is 5.82 Å². The van der Waals surface area contributed by atoms with Crippen molar-refractivity contribution in [2.24, 2.45) is 0 Å². The number of hydrogen-bond acceptors (Lipinski definition) is 7. The summed E-state index contributed by atoms with van der Waals surface area (Å²) in [5.74, 6) is -15.9. The van der Waals surface area contributed by atoms with E-state index >= 15 is 0 Å². The molecule has 3 aromatic heterocycles. The number of aryl methyl sites for hydroxylation is 1. The van der Waals surface area contributed by atoms with E-state index in [9.17, 15) is 40.3 Å². The van der Waals surface area contributed by atoms with Gasteiger partial charge in [0.05, 0.1) is 22.0 Å². The van der Waals surface area contributed by atoms with Gasteiger partial charge in [-0.25, -0.2) is 9.67 Å². The lowest BCUT2D eigenvalue weighted by Crippen LogP contribution is -2.50. The average Bonchev–Trinajstić information content (AvgIpc) is 3.46. The van der Waals surface area contributed by atoms with Crippen LogP contribution in [0.2, 0.25) is 10.0 Å². The van der Waals surface area contributed by atoms with Crippen molar-refractivity contribution in [2.75, 3.05) is 5.32 Å². The molecular formula is C25H18Cl2F7N9O2. The lowest BCUT2D eigenvalue weighted by atomic mass is 10.1. The van der Waals surface area contributed by atoms with Crippen molar-refractivity contribution < 1.29 is 40.3 Å². The van der Waals surface area contributed by atoms with E-state index in [1.54, 1.807) is 6.92 Å². The van der Waals surface area contributed by atoms with Crippen LogP contribution < -0.4 is 10.6 Å². The van der Waals surface area contributed by atoms with Gasteiger partial charge in [0.1, 0.15) is 12.2 Å². The Kier molecular flexibility index (Phi) is 8.24. The van der Waals surface area contributed by atoms with Crippen LogP contribution in [-0.4, -0.2) is 64.9 Å². The van der Waals surface area contributed by atoms with Gasteiger partial charge in [-0.3, -0.25) is 9.59 Å². The molecule has 0 atom stereocenters. The summed E-state index contributed by atoms with van der Waals surface area (Å²) in [5.41, 5.74) is 0.173. The summed E-state index contributed by atoms with van der Waals surface area (Å²) in [6, 6.07) is 6.88. The van der Waals surface area contributed by atoms with Crippen LogP contribution in [0.5, 0.6) is 0 Å². The second kappa shape index (κ2) is 11.6. The number of nitrogens with one attached hydrogen (secondary N) is 2. The molecule has 1 aliphatic carbocycles. The topological polar surface area (TPSA) is 133 Å². The maximum atomic E-state index is 14.1. The molecule has 3 heterocycles. The van der Waals surface area contributed by atoms with E-state index in [1.165, 1.54) is 30.5 Å². The van der Waals surface area contributed by atoms with Crippen molar-refractivity contribution in [1.29, 1.82) is 0 Å². The molecule has 2 amide bonds. The zero-order valence-electron chi connectivity index (χ0n) is 22.5. The van der Waals surface area contributed by atoms with Crippen LogP contribution in [-0.2, 0) is 12.5 Å². The van der Waals surface area contributed by atoms with Gasteiger partial charge < -0.3 is 10.6 Å². The molecule has 1 saturated carbocycles. The van der Waals surface area contributed by atoms with Crippen LogP contribution in [0.3, 0.4) is 0 Å². The number of rotatable bonds is 9. The molecule has 1 aliphatic rings. The maximum absolute atomic E-state index is 14.1. The summed E-state index contributed by atoms with van der Waals surface area (Å²) >= 11 is 12.4. The van der Waals surface area contributed by atoms with Crippen molar-refractivity contribution in [2.45, 2.75) is 50.4 Å². The SMILES string of the molecule is Cc1cc(Cl)cc(C(=O)NC2CC2)c1NC(=O)c1cc(Cn2nnc(C(F)(F)C(F)(F)C(F)(F)F)n2)nn1-c1ncccc1Cl. The zero-order chi connectivity index (χ0) is 32.9. The van der Waals surface area contributed by atoms with E-state index in [0.717, 1.165) is 23.6 Å². The van der Waals surface area contributed by atoms with Gasteiger partial charge >= 0.3 is 18.0 Å². The Morgan fingerprint density at radius 1 is 1.02 bits per heavy atom. The van der Waals surface area contributed by atoms with E-state index in [1.807, 2.05) is 0 Å². The summed E-state index contributed by atoms with van der Waals surface area (Å²) in [6.45, 7) is 0.882. The van der Waals surface area contributed by atoms with Crippen molar-refractivity contribution in [3.05, 3.63) is 74.9 Å². The van der Waals surface area contributed by atoms with Gasteiger partial charge in [-0.2, -0.15) is 40.6 Å². The molecule has 1 aromatic carbocycles. The third-order valence-corrected chi connectivity index (χ3v) is 6.93. The maximum Gasteiger partial charge on any atom is 0.460 e. The first-order chi connectivity index (χ1) is 21.0. The summed E-state index contributed by atoms with van der Waals surface area (Å²) in [5, 5.41) is 18.7. The molecule has 1 fully saturated rings. The molecule has 0 saturated heterocycles. The molecule has 5 rings (SSSR count).